The molecule has 1 heterocycles. The summed E-state index contributed by atoms with van der Waals surface area (Å²) in [6.45, 7) is 3.97. The van der Waals surface area contributed by atoms with Crippen LogP contribution in [0.1, 0.15) is 37.3 Å². The summed E-state index contributed by atoms with van der Waals surface area (Å²) in [7, 11) is 0. The second-order valence-corrected chi connectivity index (χ2v) is 6.23. The third-order valence-corrected chi connectivity index (χ3v) is 4.94. The van der Waals surface area contributed by atoms with Crippen molar-refractivity contribution in [3.8, 4) is 0 Å². The fraction of sp³-hybridized carbons (Fsp3) is 0.588. The number of primary amides is 1. The number of hydrogen-bond acceptors (Lipinski definition) is 3. The molecule has 2 N–H and O–H groups in total. The van der Waals surface area contributed by atoms with Gasteiger partial charge in [0.25, 0.3) is 0 Å². The smallest absolute Gasteiger partial charge is 0.239 e. The van der Waals surface area contributed by atoms with E-state index >= 15 is 0 Å². The summed E-state index contributed by atoms with van der Waals surface area (Å²) in [5.74, 6) is -0.240. The number of carbonyl (C=O) groups is 1. The maximum absolute atomic E-state index is 11.9. The normalized spacial score (nSPS) is 23.2. The van der Waals surface area contributed by atoms with Gasteiger partial charge in [0, 0.05) is 32.2 Å². The molecule has 1 aromatic carbocycles. The fourth-order valence-electron chi connectivity index (χ4n) is 3.82. The van der Waals surface area contributed by atoms with Crippen LogP contribution < -0.4 is 5.73 Å². The highest BCUT2D eigenvalue weighted by molar-refractivity contribution is 5.81. The Labute approximate surface area is 126 Å². The highest BCUT2D eigenvalue weighted by atomic mass is 16.1. The predicted octanol–water partition coefficient (Wildman–Crippen LogP) is 1.77. The van der Waals surface area contributed by atoms with Gasteiger partial charge in [-0.15, -0.1) is 0 Å². The van der Waals surface area contributed by atoms with Crippen molar-refractivity contribution in [1.29, 1.82) is 0 Å². The van der Waals surface area contributed by atoms with Gasteiger partial charge in [-0.25, -0.2) is 0 Å². The van der Waals surface area contributed by atoms with Crippen LogP contribution in [-0.2, 0) is 4.79 Å². The molecule has 1 aliphatic carbocycles. The van der Waals surface area contributed by atoms with Gasteiger partial charge in [-0.1, -0.05) is 43.2 Å². The zero-order valence-corrected chi connectivity index (χ0v) is 12.6. The molecular weight excluding hydrogens is 262 g/mol. The molecule has 1 atom stereocenters. The highest BCUT2D eigenvalue weighted by Crippen LogP contribution is 2.27. The Morgan fingerprint density at radius 2 is 1.67 bits per heavy atom. The molecule has 1 saturated carbocycles. The van der Waals surface area contributed by atoms with Crippen LogP contribution in [0.25, 0.3) is 0 Å². The standard InChI is InChI=1S/C17H25N3O/c18-17(21)16(14-6-2-1-3-7-14)20-12-10-19(11-13-20)15-8-4-5-9-15/h1-3,6-7,15-16H,4-5,8-13H2,(H2,18,21)/t16-/m0/s1. The molecule has 1 aliphatic heterocycles. The molecule has 1 amide bonds. The van der Waals surface area contributed by atoms with Gasteiger partial charge in [-0.05, 0) is 18.4 Å². The lowest BCUT2D eigenvalue weighted by atomic mass is 10.0. The van der Waals surface area contributed by atoms with Gasteiger partial charge >= 0.3 is 0 Å². The first-order valence-electron chi connectivity index (χ1n) is 8.08. The summed E-state index contributed by atoms with van der Waals surface area (Å²) >= 11 is 0. The van der Waals surface area contributed by atoms with Gasteiger partial charge < -0.3 is 5.73 Å². The first kappa shape index (κ1) is 14.5. The minimum absolute atomic E-state index is 0.240. The average Bonchev–Trinajstić information content (AvgIpc) is 3.03. The molecule has 0 radical (unpaired) electrons. The Bertz CT molecular complexity index is 462. The predicted molar refractivity (Wildman–Crippen MR) is 83.8 cm³/mol. The first-order valence-corrected chi connectivity index (χ1v) is 8.08. The van der Waals surface area contributed by atoms with Gasteiger partial charge in [0.15, 0.2) is 0 Å². The SMILES string of the molecule is NC(=O)[C@H](c1ccccc1)N1CCN(C2CCCC2)CC1. The number of rotatable bonds is 4. The molecule has 3 rings (SSSR count). The topological polar surface area (TPSA) is 49.6 Å². The van der Waals surface area contributed by atoms with E-state index in [0.29, 0.717) is 0 Å². The largest absolute Gasteiger partial charge is 0.368 e. The number of nitrogens with zero attached hydrogens (tertiary/aromatic N) is 2. The number of amides is 1. The number of hydrogen-bond donors (Lipinski definition) is 1. The van der Waals surface area contributed by atoms with E-state index in [2.05, 4.69) is 9.80 Å². The Morgan fingerprint density at radius 1 is 1.05 bits per heavy atom. The molecule has 0 bridgehead atoms. The minimum atomic E-state index is -0.281. The van der Waals surface area contributed by atoms with Crippen molar-refractivity contribution in [3.05, 3.63) is 35.9 Å². The monoisotopic (exact) mass is 287 g/mol. The molecule has 2 fully saturated rings. The Morgan fingerprint density at radius 3 is 2.24 bits per heavy atom. The summed E-state index contributed by atoms with van der Waals surface area (Å²) in [5, 5.41) is 0. The van der Waals surface area contributed by atoms with E-state index in [0.717, 1.165) is 37.8 Å². The lowest BCUT2D eigenvalue weighted by Crippen LogP contribution is -2.52. The molecule has 4 nitrogen and oxygen atoms in total. The van der Waals surface area contributed by atoms with Gasteiger partial charge in [0.05, 0.1) is 0 Å². The fourth-order valence-corrected chi connectivity index (χ4v) is 3.82. The molecule has 2 aliphatic rings. The van der Waals surface area contributed by atoms with E-state index in [1.165, 1.54) is 25.7 Å². The van der Waals surface area contributed by atoms with Crippen molar-refractivity contribution < 1.29 is 4.79 Å². The lowest BCUT2D eigenvalue weighted by Gasteiger charge is -2.40. The highest BCUT2D eigenvalue weighted by Gasteiger charge is 2.31. The molecule has 114 valence electrons. The number of carbonyl (C=O) groups excluding carboxylic acids is 1. The van der Waals surface area contributed by atoms with Gasteiger partial charge in [-0.2, -0.15) is 0 Å². The summed E-state index contributed by atoms with van der Waals surface area (Å²) in [6, 6.07) is 10.4. The third-order valence-electron chi connectivity index (χ3n) is 4.94. The van der Waals surface area contributed by atoms with Crippen molar-refractivity contribution in [2.24, 2.45) is 5.73 Å². The van der Waals surface area contributed by atoms with Crippen molar-refractivity contribution in [2.75, 3.05) is 26.2 Å². The van der Waals surface area contributed by atoms with Crippen LogP contribution in [0, 0.1) is 0 Å². The van der Waals surface area contributed by atoms with Crippen LogP contribution in [0.2, 0.25) is 0 Å². The number of piperazine rings is 1. The van der Waals surface area contributed by atoms with Gasteiger partial charge in [0.2, 0.25) is 5.91 Å². The van der Waals surface area contributed by atoms with Crippen LogP contribution in [0.4, 0.5) is 0 Å². The van der Waals surface area contributed by atoms with E-state index in [9.17, 15) is 4.79 Å². The molecule has 1 saturated heterocycles. The maximum atomic E-state index is 11.9. The van der Waals surface area contributed by atoms with Crippen molar-refractivity contribution in [1.82, 2.24) is 9.80 Å². The third kappa shape index (κ3) is 3.27. The lowest BCUT2D eigenvalue weighted by molar-refractivity contribution is -0.124. The molecule has 21 heavy (non-hydrogen) atoms. The Kier molecular flexibility index (Phi) is 4.56. The summed E-state index contributed by atoms with van der Waals surface area (Å²) < 4.78 is 0. The summed E-state index contributed by atoms with van der Waals surface area (Å²) in [4.78, 5) is 16.7. The average molecular weight is 287 g/mol. The second-order valence-electron chi connectivity index (χ2n) is 6.23. The van der Waals surface area contributed by atoms with Crippen LogP contribution in [0.15, 0.2) is 30.3 Å². The summed E-state index contributed by atoms with van der Waals surface area (Å²) in [6.07, 6.45) is 5.44. The van der Waals surface area contributed by atoms with E-state index in [4.69, 9.17) is 5.73 Å². The molecule has 0 unspecified atom stereocenters. The van der Waals surface area contributed by atoms with Crippen LogP contribution >= 0.6 is 0 Å². The Balaban J connectivity index is 1.65. The van der Waals surface area contributed by atoms with Crippen LogP contribution in [0.3, 0.4) is 0 Å². The van der Waals surface area contributed by atoms with Crippen molar-refractivity contribution >= 4 is 5.91 Å². The zero-order chi connectivity index (χ0) is 14.7. The number of benzene rings is 1. The molecule has 0 spiro atoms. The van der Waals surface area contributed by atoms with Crippen LogP contribution in [0.5, 0.6) is 0 Å². The van der Waals surface area contributed by atoms with E-state index in [-0.39, 0.29) is 11.9 Å². The molecule has 1 aromatic rings. The number of nitrogens with two attached hydrogens (primary N) is 1. The first-order chi connectivity index (χ1) is 10.3. The minimum Gasteiger partial charge on any atom is -0.368 e. The van der Waals surface area contributed by atoms with Crippen LogP contribution in [-0.4, -0.2) is 47.9 Å². The molecule has 4 heteroatoms. The van der Waals surface area contributed by atoms with E-state index in [1.807, 2.05) is 30.3 Å². The van der Waals surface area contributed by atoms with Gasteiger partial charge in [-0.3, -0.25) is 14.6 Å². The zero-order valence-electron chi connectivity index (χ0n) is 12.6. The quantitative estimate of drug-likeness (QED) is 0.918. The molecule has 0 aromatic heterocycles. The Hall–Kier alpha value is -1.39. The van der Waals surface area contributed by atoms with Gasteiger partial charge in [0.1, 0.15) is 6.04 Å². The summed E-state index contributed by atoms with van der Waals surface area (Å²) in [5.41, 5.74) is 6.68. The molecular formula is C17H25N3O. The second kappa shape index (κ2) is 6.58. The van der Waals surface area contributed by atoms with E-state index in [1.54, 1.807) is 0 Å². The van der Waals surface area contributed by atoms with E-state index < -0.39 is 0 Å². The van der Waals surface area contributed by atoms with Crippen molar-refractivity contribution in [3.63, 3.8) is 0 Å². The maximum Gasteiger partial charge on any atom is 0.239 e. The van der Waals surface area contributed by atoms with Crippen molar-refractivity contribution in [2.45, 2.75) is 37.8 Å².